The Labute approximate surface area is 190 Å². The Hall–Kier alpha value is -2.71. The van der Waals surface area contributed by atoms with E-state index in [0.717, 1.165) is 21.8 Å². The normalized spacial score (nSPS) is 11.9. The molecule has 0 aliphatic carbocycles. The Kier molecular flexibility index (Phi) is 7.81. The standard InChI is InChI=1S/C23H26N4O2S2/c1-14(2)17-7-9-18(10-8-17)22-26-27-23(31-22)25-21(29)16(4)30-13-20(28)24-19-11-5-15(3)6-12-19/h5-12,14,16H,13H2,1-4H3,(H,24,28)(H,25,27,29). The number of benzene rings is 2. The summed E-state index contributed by atoms with van der Waals surface area (Å²) in [6.07, 6.45) is 0. The van der Waals surface area contributed by atoms with E-state index in [9.17, 15) is 9.59 Å². The zero-order chi connectivity index (χ0) is 22.4. The first-order chi connectivity index (χ1) is 14.8. The zero-order valence-corrected chi connectivity index (χ0v) is 19.6. The van der Waals surface area contributed by atoms with Crippen molar-refractivity contribution in [2.75, 3.05) is 16.4 Å². The van der Waals surface area contributed by atoms with Gasteiger partial charge in [0.15, 0.2) is 0 Å². The molecular formula is C23H26N4O2S2. The molecule has 0 saturated carbocycles. The SMILES string of the molecule is Cc1ccc(NC(=O)CSC(C)C(=O)Nc2nnc(-c3ccc(C(C)C)cc3)s2)cc1. The van der Waals surface area contributed by atoms with Crippen LogP contribution in [0.5, 0.6) is 0 Å². The summed E-state index contributed by atoms with van der Waals surface area (Å²) in [5, 5.41) is 14.7. The van der Waals surface area contributed by atoms with Crippen LogP contribution in [0.3, 0.4) is 0 Å². The van der Waals surface area contributed by atoms with Crippen molar-refractivity contribution in [2.24, 2.45) is 0 Å². The van der Waals surface area contributed by atoms with E-state index in [1.807, 2.05) is 43.3 Å². The van der Waals surface area contributed by atoms with Crippen LogP contribution in [0.2, 0.25) is 0 Å². The first-order valence-corrected chi connectivity index (χ1v) is 11.9. The van der Waals surface area contributed by atoms with Crippen molar-refractivity contribution in [1.82, 2.24) is 10.2 Å². The average molecular weight is 455 g/mol. The maximum Gasteiger partial charge on any atom is 0.239 e. The number of nitrogens with one attached hydrogen (secondary N) is 2. The number of rotatable bonds is 8. The van der Waals surface area contributed by atoms with Crippen LogP contribution in [0.25, 0.3) is 10.6 Å². The predicted molar refractivity (Wildman–Crippen MR) is 130 cm³/mol. The third kappa shape index (κ3) is 6.63. The predicted octanol–water partition coefficient (Wildman–Crippen LogP) is 5.34. The van der Waals surface area contributed by atoms with E-state index >= 15 is 0 Å². The molecule has 0 bridgehead atoms. The third-order valence-electron chi connectivity index (χ3n) is 4.65. The van der Waals surface area contributed by atoms with Crippen LogP contribution < -0.4 is 10.6 Å². The van der Waals surface area contributed by atoms with Crippen molar-refractivity contribution in [3.63, 3.8) is 0 Å². The summed E-state index contributed by atoms with van der Waals surface area (Å²) in [7, 11) is 0. The lowest BCUT2D eigenvalue weighted by atomic mass is 10.0. The highest BCUT2D eigenvalue weighted by Gasteiger charge is 2.18. The lowest BCUT2D eigenvalue weighted by Gasteiger charge is -2.10. The molecule has 162 valence electrons. The van der Waals surface area contributed by atoms with Gasteiger partial charge in [0.1, 0.15) is 5.01 Å². The van der Waals surface area contributed by atoms with Crippen molar-refractivity contribution in [3.8, 4) is 10.6 Å². The molecule has 3 rings (SSSR count). The zero-order valence-electron chi connectivity index (χ0n) is 18.0. The van der Waals surface area contributed by atoms with Crippen molar-refractivity contribution in [2.45, 2.75) is 38.9 Å². The Bertz CT molecular complexity index is 1030. The quantitative estimate of drug-likeness (QED) is 0.480. The fourth-order valence-corrected chi connectivity index (χ4v) is 4.15. The highest BCUT2D eigenvalue weighted by atomic mass is 32.2. The molecule has 8 heteroatoms. The van der Waals surface area contributed by atoms with E-state index < -0.39 is 5.25 Å². The molecule has 1 heterocycles. The minimum absolute atomic E-state index is 0.142. The molecule has 2 N–H and O–H groups in total. The van der Waals surface area contributed by atoms with E-state index in [2.05, 4.69) is 46.8 Å². The summed E-state index contributed by atoms with van der Waals surface area (Å²) in [6, 6.07) is 15.8. The number of aromatic nitrogens is 2. The number of anilines is 2. The van der Waals surface area contributed by atoms with Crippen LogP contribution in [-0.2, 0) is 9.59 Å². The van der Waals surface area contributed by atoms with E-state index in [4.69, 9.17) is 0 Å². The summed E-state index contributed by atoms with van der Waals surface area (Å²) in [6.45, 7) is 8.06. The molecule has 1 aromatic heterocycles. The molecule has 0 saturated heterocycles. The fourth-order valence-electron chi connectivity index (χ4n) is 2.72. The van der Waals surface area contributed by atoms with Crippen molar-refractivity contribution in [3.05, 3.63) is 59.7 Å². The highest BCUT2D eigenvalue weighted by Crippen LogP contribution is 2.28. The maximum absolute atomic E-state index is 12.5. The van der Waals surface area contributed by atoms with Crippen LogP contribution >= 0.6 is 23.1 Å². The summed E-state index contributed by atoms with van der Waals surface area (Å²) < 4.78 is 0. The number of hydrogen-bond acceptors (Lipinski definition) is 6. The molecule has 3 aromatic rings. The van der Waals surface area contributed by atoms with Gasteiger partial charge in [-0.05, 0) is 37.5 Å². The number of aryl methyl sites for hydroxylation is 1. The van der Waals surface area contributed by atoms with Gasteiger partial charge in [0, 0.05) is 11.3 Å². The molecule has 2 amide bonds. The molecule has 31 heavy (non-hydrogen) atoms. The van der Waals surface area contributed by atoms with Crippen LogP contribution in [0.4, 0.5) is 10.8 Å². The fraction of sp³-hybridized carbons (Fsp3) is 0.304. The number of carbonyl (C=O) groups is 2. The maximum atomic E-state index is 12.5. The minimum Gasteiger partial charge on any atom is -0.325 e. The highest BCUT2D eigenvalue weighted by molar-refractivity contribution is 8.01. The van der Waals surface area contributed by atoms with Crippen LogP contribution in [0.1, 0.15) is 37.8 Å². The first-order valence-electron chi connectivity index (χ1n) is 10.0. The molecule has 0 aliphatic rings. The van der Waals surface area contributed by atoms with Gasteiger partial charge in [-0.15, -0.1) is 22.0 Å². The molecular weight excluding hydrogens is 428 g/mol. The Balaban J connectivity index is 1.49. The summed E-state index contributed by atoms with van der Waals surface area (Å²) >= 11 is 2.60. The van der Waals surface area contributed by atoms with E-state index in [1.165, 1.54) is 28.7 Å². The van der Waals surface area contributed by atoms with Gasteiger partial charge in [-0.2, -0.15) is 0 Å². The molecule has 1 atom stereocenters. The second-order valence-electron chi connectivity index (χ2n) is 7.55. The largest absolute Gasteiger partial charge is 0.325 e. The van der Waals surface area contributed by atoms with Crippen molar-refractivity contribution >= 4 is 45.7 Å². The monoisotopic (exact) mass is 454 g/mol. The van der Waals surface area contributed by atoms with Gasteiger partial charge < -0.3 is 5.32 Å². The number of amides is 2. The summed E-state index contributed by atoms with van der Waals surface area (Å²) in [5.74, 6) is 0.310. The van der Waals surface area contributed by atoms with E-state index in [0.29, 0.717) is 11.0 Å². The Morgan fingerprint density at radius 2 is 1.65 bits per heavy atom. The van der Waals surface area contributed by atoms with Crippen LogP contribution in [-0.4, -0.2) is 33.0 Å². The third-order valence-corrected chi connectivity index (χ3v) is 6.68. The molecule has 2 aromatic carbocycles. The summed E-state index contributed by atoms with van der Waals surface area (Å²) in [4.78, 5) is 24.6. The topological polar surface area (TPSA) is 84.0 Å². The lowest BCUT2D eigenvalue weighted by Crippen LogP contribution is -2.25. The van der Waals surface area contributed by atoms with Gasteiger partial charge in [-0.3, -0.25) is 14.9 Å². The second-order valence-corrected chi connectivity index (χ2v) is 9.85. The van der Waals surface area contributed by atoms with Gasteiger partial charge in [0.25, 0.3) is 0 Å². The van der Waals surface area contributed by atoms with Gasteiger partial charge in [-0.25, -0.2) is 0 Å². The molecule has 1 unspecified atom stereocenters. The average Bonchev–Trinajstić information content (AvgIpc) is 3.22. The van der Waals surface area contributed by atoms with Gasteiger partial charge in [-0.1, -0.05) is 67.1 Å². The lowest BCUT2D eigenvalue weighted by molar-refractivity contribution is -0.115. The van der Waals surface area contributed by atoms with Crippen molar-refractivity contribution < 1.29 is 9.59 Å². The molecule has 0 radical (unpaired) electrons. The number of hydrogen-bond donors (Lipinski definition) is 2. The molecule has 0 fully saturated rings. The summed E-state index contributed by atoms with van der Waals surface area (Å²) in [5.41, 5.74) is 4.11. The molecule has 6 nitrogen and oxygen atoms in total. The molecule has 0 spiro atoms. The van der Waals surface area contributed by atoms with Crippen LogP contribution in [0, 0.1) is 6.92 Å². The minimum atomic E-state index is -0.401. The van der Waals surface area contributed by atoms with Crippen molar-refractivity contribution in [1.29, 1.82) is 0 Å². The van der Waals surface area contributed by atoms with Crippen LogP contribution in [0.15, 0.2) is 48.5 Å². The smallest absolute Gasteiger partial charge is 0.239 e. The Morgan fingerprint density at radius 1 is 0.968 bits per heavy atom. The van der Waals surface area contributed by atoms with Gasteiger partial charge in [0.05, 0.1) is 11.0 Å². The second kappa shape index (κ2) is 10.5. The van der Waals surface area contributed by atoms with Gasteiger partial charge in [0.2, 0.25) is 16.9 Å². The number of carbonyl (C=O) groups excluding carboxylic acids is 2. The number of thioether (sulfide) groups is 1. The molecule has 0 aliphatic heterocycles. The van der Waals surface area contributed by atoms with Gasteiger partial charge >= 0.3 is 0 Å². The van der Waals surface area contributed by atoms with E-state index in [1.54, 1.807) is 6.92 Å². The Morgan fingerprint density at radius 3 is 2.29 bits per heavy atom. The van der Waals surface area contributed by atoms with E-state index in [-0.39, 0.29) is 17.6 Å². The first kappa shape index (κ1) is 23.0. The number of nitrogens with zero attached hydrogens (tertiary/aromatic N) is 2.